The number of fused-ring (bicyclic) bond motifs is 1. The minimum atomic E-state index is -0.605. The molecule has 21 heavy (non-hydrogen) atoms. The number of hydrogen-bond donors (Lipinski definition) is 2. The number of carbonyl (C=O) groups excluding carboxylic acids is 1. The highest BCUT2D eigenvalue weighted by molar-refractivity contribution is 6.32. The summed E-state index contributed by atoms with van der Waals surface area (Å²) in [4.78, 5) is 12.2. The zero-order valence-corrected chi connectivity index (χ0v) is 11.9. The summed E-state index contributed by atoms with van der Waals surface area (Å²) in [6, 6.07) is 2.21. The second-order valence-corrected chi connectivity index (χ2v) is 5.70. The van der Waals surface area contributed by atoms with E-state index >= 15 is 0 Å². The van der Waals surface area contributed by atoms with Gasteiger partial charge in [-0.1, -0.05) is 17.5 Å². The summed E-state index contributed by atoms with van der Waals surface area (Å²) in [7, 11) is 0. The van der Waals surface area contributed by atoms with Crippen LogP contribution in [0.4, 0.5) is 10.1 Å². The van der Waals surface area contributed by atoms with E-state index in [4.69, 9.17) is 22.8 Å². The van der Waals surface area contributed by atoms with Crippen LogP contribution >= 0.6 is 11.6 Å². The number of carbonyl (C=O) groups is 1. The van der Waals surface area contributed by atoms with Gasteiger partial charge in [0.2, 0.25) is 5.91 Å². The van der Waals surface area contributed by atoms with E-state index < -0.39 is 5.82 Å². The highest BCUT2D eigenvalue weighted by Crippen LogP contribution is 2.45. The number of amides is 1. The van der Waals surface area contributed by atoms with E-state index in [0.717, 1.165) is 19.0 Å². The third-order valence-corrected chi connectivity index (χ3v) is 4.17. The number of piperidine rings is 1. The maximum Gasteiger partial charge on any atom is 0.241 e. The summed E-state index contributed by atoms with van der Waals surface area (Å²) in [5.41, 5.74) is 0.0438. The monoisotopic (exact) mass is 308 g/mol. The van der Waals surface area contributed by atoms with Crippen LogP contribution in [0.2, 0.25) is 5.02 Å². The molecule has 3 unspecified atom stereocenters. The van der Waals surface area contributed by atoms with E-state index in [0.29, 0.717) is 11.8 Å². The van der Waals surface area contributed by atoms with Gasteiger partial charge in [-0.25, -0.2) is 4.39 Å². The molecule has 1 aromatic carbocycles. The second-order valence-electron chi connectivity index (χ2n) is 5.29. The van der Waals surface area contributed by atoms with Gasteiger partial charge in [0.25, 0.3) is 0 Å². The molecule has 110 valence electrons. The minimum Gasteiger partial charge on any atom is -0.479 e. The third-order valence-electron chi connectivity index (χ3n) is 3.88. The number of hydrogen-bond acceptors (Lipinski definition) is 3. The van der Waals surface area contributed by atoms with E-state index in [1.165, 1.54) is 6.07 Å². The first-order valence-corrected chi connectivity index (χ1v) is 7.07. The average molecular weight is 309 g/mol. The van der Waals surface area contributed by atoms with Crippen molar-refractivity contribution in [2.24, 2.45) is 11.8 Å². The van der Waals surface area contributed by atoms with Crippen molar-refractivity contribution in [2.45, 2.75) is 12.5 Å². The minimum absolute atomic E-state index is 0.0205. The van der Waals surface area contributed by atoms with Gasteiger partial charge in [0.05, 0.1) is 16.8 Å². The fourth-order valence-electron chi connectivity index (χ4n) is 2.70. The predicted octanol–water partition coefficient (Wildman–Crippen LogP) is 2.04. The Bertz CT molecular complexity index is 629. The number of benzene rings is 1. The largest absolute Gasteiger partial charge is 0.479 e. The Morgan fingerprint density at radius 1 is 1.62 bits per heavy atom. The molecule has 1 saturated heterocycles. The molecule has 1 aliphatic heterocycles. The molecule has 0 radical (unpaired) electrons. The summed E-state index contributed by atoms with van der Waals surface area (Å²) >= 11 is 5.87. The number of anilines is 1. The number of nitrogens with one attached hydrogen (secondary N) is 2. The van der Waals surface area contributed by atoms with E-state index in [2.05, 4.69) is 16.6 Å². The topological polar surface area (TPSA) is 50.4 Å². The van der Waals surface area contributed by atoms with Gasteiger partial charge in [-0.3, -0.25) is 4.79 Å². The first-order valence-electron chi connectivity index (χ1n) is 6.69. The Hall–Kier alpha value is -1.77. The van der Waals surface area contributed by atoms with Crippen molar-refractivity contribution in [1.29, 1.82) is 0 Å². The van der Waals surface area contributed by atoms with Gasteiger partial charge < -0.3 is 15.4 Å². The van der Waals surface area contributed by atoms with E-state index in [-0.39, 0.29) is 35.0 Å². The Morgan fingerprint density at radius 3 is 3.05 bits per heavy atom. The third kappa shape index (κ3) is 2.82. The molecule has 4 nitrogen and oxygen atoms in total. The molecule has 0 aromatic heterocycles. The van der Waals surface area contributed by atoms with Crippen molar-refractivity contribution >= 4 is 23.2 Å². The van der Waals surface area contributed by atoms with Gasteiger partial charge in [0, 0.05) is 6.07 Å². The standard InChI is InChI=1S/C15H14ClFN2O2/c1-2-3-21-13-6-12(11(17)5-10(13)16)19-15(20)14-9-4-8(9)7-18-14/h1,5-6,8-9,14,18H,3-4,7H2,(H,19,20). The first kappa shape index (κ1) is 14.2. The van der Waals surface area contributed by atoms with Crippen molar-refractivity contribution < 1.29 is 13.9 Å². The predicted molar refractivity (Wildman–Crippen MR) is 77.8 cm³/mol. The van der Waals surface area contributed by atoms with Crippen LogP contribution in [0.3, 0.4) is 0 Å². The number of terminal acetylenes is 1. The van der Waals surface area contributed by atoms with Crippen molar-refractivity contribution in [3.05, 3.63) is 23.0 Å². The van der Waals surface area contributed by atoms with Crippen LogP contribution in [0.5, 0.6) is 5.75 Å². The van der Waals surface area contributed by atoms with Crippen molar-refractivity contribution in [3.63, 3.8) is 0 Å². The van der Waals surface area contributed by atoms with E-state index in [1.54, 1.807) is 0 Å². The van der Waals surface area contributed by atoms with Crippen molar-refractivity contribution in [2.75, 3.05) is 18.5 Å². The lowest BCUT2D eigenvalue weighted by molar-refractivity contribution is -0.118. The highest BCUT2D eigenvalue weighted by atomic mass is 35.5. The fourth-order valence-corrected chi connectivity index (χ4v) is 2.90. The average Bonchev–Trinajstić information content (AvgIpc) is 3.11. The normalized spacial score (nSPS) is 25.9. The van der Waals surface area contributed by atoms with Crippen LogP contribution in [0, 0.1) is 30.0 Å². The molecule has 2 fully saturated rings. The second kappa shape index (κ2) is 5.55. The van der Waals surface area contributed by atoms with Gasteiger partial charge in [-0.05, 0) is 30.9 Å². The summed E-state index contributed by atoms with van der Waals surface area (Å²) in [5, 5.41) is 5.84. The van der Waals surface area contributed by atoms with Gasteiger partial charge in [-0.15, -0.1) is 6.42 Å². The SMILES string of the molecule is C#CCOc1cc(NC(=O)C2NCC3CC32)c(F)cc1Cl. The smallest absolute Gasteiger partial charge is 0.241 e. The highest BCUT2D eigenvalue weighted by Gasteiger charge is 2.50. The Balaban J connectivity index is 1.74. The first-order chi connectivity index (χ1) is 10.1. The summed E-state index contributed by atoms with van der Waals surface area (Å²) in [6.45, 7) is 0.870. The molecule has 1 aliphatic carbocycles. The summed E-state index contributed by atoms with van der Waals surface area (Å²) in [6.07, 6.45) is 6.17. The van der Waals surface area contributed by atoms with Crippen LogP contribution in [0.15, 0.2) is 12.1 Å². The lowest BCUT2D eigenvalue weighted by Gasteiger charge is -2.15. The summed E-state index contributed by atoms with van der Waals surface area (Å²) < 4.78 is 19.1. The number of ether oxygens (including phenoxy) is 1. The van der Waals surface area contributed by atoms with Crippen LogP contribution in [0.1, 0.15) is 6.42 Å². The quantitative estimate of drug-likeness (QED) is 0.837. The molecule has 6 heteroatoms. The molecule has 3 atom stereocenters. The summed E-state index contributed by atoms with van der Waals surface area (Å²) in [5.74, 6) is 2.67. The molecule has 1 saturated carbocycles. The molecular weight excluding hydrogens is 295 g/mol. The lowest BCUT2D eigenvalue weighted by atomic mass is 10.2. The van der Waals surface area contributed by atoms with E-state index in [1.807, 2.05) is 0 Å². The number of halogens is 2. The zero-order valence-electron chi connectivity index (χ0n) is 11.2. The fraction of sp³-hybridized carbons (Fsp3) is 0.400. The molecule has 1 amide bonds. The van der Waals surface area contributed by atoms with Gasteiger partial charge in [0.1, 0.15) is 18.2 Å². The molecule has 1 aromatic rings. The molecule has 0 bridgehead atoms. The van der Waals surface area contributed by atoms with Crippen LogP contribution in [-0.4, -0.2) is 25.1 Å². The van der Waals surface area contributed by atoms with E-state index in [9.17, 15) is 9.18 Å². The zero-order chi connectivity index (χ0) is 15.0. The molecule has 2 N–H and O–H groups in total. The maximum atomic E-state index is 13.9. The molecule has 0 spiro atoms. The van der Waals surface area contributed by atoms with Crippen LogP contribution in [0.25, 0.3) is 0 Å². The lowest BCUT2D eigenvalue weighted by Crippen LogP contribution is -2.39. The Morgan fingerprint density at radius 2 is 2.43 bits per heavy atom. The Labute approximate surface area is 127 Å². The molecule has 3 rings (SSSR count). The van der Waals surface area contributed by atoms with Gasteiger partial charge in [-0.2, -0.15) is 0 Å². The van der Waals surface area contributed by atoms with Crippen molar-refractivity contribution in [3.8, 4) is 18.1 Å². The van der Waals surface area contributed by atoms with Crippen molar-refractivity contribution in [1.82, 2.24) is 5.32 Å². The van der Waals surface area contributed by atoms with Gasteiger partial charge >= 0.3 is 0 Å². The van der Waals surface area contributed by atoms with Gasteiger partial charge in [0.15, 0.2) is 0 Å². The Kier molecular flexibility index (Phi) is 3.75. The van der Waals surface area contributed by atoms with Crippen LogP contribution < -0.4 is 15.4 Å². The molecule has 2 aliphatic rings. The maximum absolute atomic E-state index is 13.9. The van der Waals surface area contributed by atoms with Crippen LogP contribution in [-0.2, 0) is 4.79 Å². The number of rotatable bonds is 4. The molecule has 1 heterocycles. The molecular formula is C15H14ClFN2O2.